The average Bonchev–Trinajstić information content (AvgIpc) is 2.95. The van der Waals surface area contributed by atoms with Gasteiger partial charge in [-0.15, -0.1) is 0 Å². The molecule has 2 aromatic rings. The number of benzene rings is 1. The van der Waals surface area contributed by atoms with E-state index in [1.807, 2.05) is 31.2 Å². The van der Waals surface area contributed by atoms with E-state index in [4.69, 9.17) is 9.15 Å². The molecular weight excluding hydrogens is 252 g/mol. The summed E-state index contributed by atoms with van der Waals surface area (Å²) in [6.07, 6.45) is 2.85. The van der Waals surface area contributed by atoms with Crippen LogP contribution in [0.1, 0.15) is 39.1 Å². The molecule has 1 heterocycles. The first-order chi connectivity index (χ1) is 9.76. The van der Waals surface area contributed by atoms with Gasteiger partial charge in [0.2, 0.25) is 5.89 Å². The molecule has 1 unspecified atom stereocenters. The van der Waals surface area contributed by atoms with Crippen LogP contribution in [0.25, 0.3) is 11.3 Å². The van der Waals surface area contributed by atoms with Gasteiger partial charge in [-0.1, -0.05) is 19.1 Å². The summed E-state index contributed by atoms with van der Waals surface area (Å²) < 4.78 is 11.5. The van der Waals surface area contributed by atoms with Crippen molar-refractivity contribution in [2.24, 2.45) is 0 Å². The highest BCUT2D eigenvalue weighted by molar-refractivity contribution is 5.65. The van der Waals surface area contributed by atoms with E-state index in [0.29, 0.717) is 12.5 Å². The first-order valence-electron chi connectivity index (χ1n) is 7.17. The fraction of sp³-hybridized carbons (Fsp3) is 0.438. The first kappa shape index (κ1) is 14.6. The molecule has 0 amide bonds. The van der Waals surface area contributed by atoms with E-state index in [1.54, 1.807) is 6.20 Å². The van der Waals surface area contributed by atoms with Crippen LogP contribution < -0.4 is 10.1 Å². The fourth-order valence-corrected chi connectivity index (χ4v) is 2.01. The number of aromatic nitrogens is 1. The van der Waals surface area contributed by atoms with Gasteiger partial charge in [-0.2, -0.15) is 0 Å². The second kappa shape index (κ2) is 7.10. The number of nitrogens with zero attached hydrogens (tertiary/aromatic N) is 1. The topological polar surface area (TPSA) is 47.3 Å². The van der Waals surface area contributed by atoms with Gasteiger partial charge in [0.05, 0.1) is 24.4 Å². The zero-order valence-electron chi connectivity index (χ0n) is 12.3. The summed E-state index contributed by atoms with van der Waals surface area (Å²) in [5, 5.41) is 3.37. The largest absolute Gasteiger partial charge is 0.493 e. The zero-order valence-corrected chi connectivity index (χ0v) is 12.3. The van der Waals surface area contributed by atoms with E-state index in [0.717, 1.165) is 30.0 Å². The Morgan fingerprint density at radius 3 is 2.85 bits per heavy atom. The van der Waals surface area contributed by atoms with Crippen molar-refractivity contribution in [3.05, 3.63) is 36.4 Å². The normalized spacial score (nSPS) is 12.3. The molecular formula is C16H22N2O2. The monoisotopic (exact) mass is 274 g/mol. The van der Waals surface area contributed by atoms with Crippen molar-refractivity contribution in [1.29, 1.82) is 0 Å². The van der Waals surface area contributed by atoms with Crippen molar-refractivity contribution < 1.29 is 9.15 Å². The molecule has 20 heavy (non-hydrogen) atoms. The Kier molecular flexibility index (Phi) is 5.18. The summed E-state index contributed by atoms with van der Waals surface area (Å²) in [6, 6.07) is 7.97. The summed E-state index contributed by atoms with van der Waals surface area (Å²) in [7, 11) is 0. The van der Waals surface area contributed by atoms with Gasteiger partial charge in [-0.25, -0.2) is 4.98 Å². The van der Waals surface area contributed by atoms with Crippen LogP contribution in [0, 0.1) is 0 Å². The molecule has 0 spiro atoms. The lowest BCUT2D eigenvalue weighted by Gasteiger charge is -2.09. The molecule has 0 aliphatic heterocycles. The molecule has 4 nitrogen and oxygen atoms in total. The first-order valence-corrected chi connectivity index (χ1v) is 7.17. The predicted octanol–water partition coefficient (Wildman–Crippen LogP) is 3.80. The summed E-state index contributed by atoms with van der Waals surface area (Å²) in [5.41, 5.74) is 0.941. The maximum atomic E-state index is 5.86. The van der Waals surface area contributed by atoms with Crippen molar-refractivity contribution in [3.63, 3.8) is 0 Å². The molecule has 0 saturated heterocycles. The molecule has 0 saturated carbocycles. The van der Waals surface area contributed by atoms with Crippen LogP contribution in [0.3, 0.4) is 0 Å². The molecule has 2 rings (SSSR count). The third-order valence-corrected chi connectivity index (χ3v) is 3.05. The molecule has 108 valence electrons. The van der Waals surface area contributed by atoms with E-state index in [9.17, 15) is 0 Å². The van der Waals surface area contributed by atoms with Gasteiger partial charge in [0.1, 0.15) is 5.75 Å². The van der Waals surface area contributed by atoms with Crippen LogP contribution in [-0.4, -0.2) is 18.1 Å². The van der Waals surface area contributed by atoms with Crippen LogP contribution in [-0.2, 0) is 0 Å². The van der Waals surface area contributed by atoms with Crippen LogP contribution >= 0.6 is 0 Å². The Balaban J connectivity index is 2.20. The van der Waals surface area contributed by atoms with Gasteiger partial charge in [0, 0.05) is 0 Å². The van der Waals surface area contributed by atoms with E-state index < -0.39 is 0 Å². The van der Waals surface area contributed by atoms with E-state index in [2.05, 4.69) is 24.1 Å². The number of rotatable bonds is 7. The zero-order chi connectivity index (χ0) is 14.4. The van der Waals surface area contributed by atoms with Gasteiger partial charge in [-0.05, 0) is 38.9 Å². The van der Waals surface area contributed by atoms with Crippen LogP contribution in [0.4, 0.5) is 0 Å². The summed E-state index contributed by atoms with van der Waals surface area (Å²) in [5.74, 6) is 2.28. The maximum absolute atomic E-state index is 5.86. The van der Waals surface area contributed by atoms with E-state index in [-0.39, 0.29) is 6.04 Å². The molecule has 0 radical (unpaired) electrons. The lowest BCUT2D eigenvalue weighted by Crippen LogP contribution is -2.19. The number of oxazole rings is 1. The summed E-state index contributed by atoms with van der Waals surface area (Å²) >= 11 is 0. The third-order valence-electron chi connectivity index (χ3n) is 3.05. The minimum atomic E-state index is 0.114. The Bertz CT molecular complexity index is 537. The minimum Gasteiger partial charge on any atom is -0.493 e. The number of ether oxygens (including phenoxy) is 1. The smallest absolute Gasteiger partial charge is 0.211 e. The SMILES string of the molecule is CCCNC(C)c1ncc(-c2ccccc2OCC)o1. The predicted molar refractivity (Wildman–Crippen MR) is 79.8 cm³/mol. The maximum Gasteiger partial charge on any atom is 0.211 e. The van der Waals surface area contributed by atoms with Crippen LogP contribution in [0.2, 0.25) is 0 Å². The van der Waals surface area contributed by atoms with E-state index in [1.165, 1.54) is 0 Å². The van der Waals surface area contributed by atoms with Crippen LogP contribution in [0.5, 0.6) is 5.75 Å². The second-order valence-electron chi connectivity index (χ2n) is 4.67. The Labute approximate surface area is 120 Å². The van der Waals surface area contributed by atoms with Crippen molar-refractivity contribution in [3.8, 4) is 17.1 Å². The fourth-order valence-electron chi connectivity index (χ4n) is 2.01. The molecule has 4 heteroatoms. The molecule has 0 aliphatic rings. The number of nitrogens with one attached hydrogen (secondary N) is 1. The standard InChI is InChI=1S/C16H22N2O2/c1-4-10-17-12(3)16-18-11-15(20-16)13-8-6-7-9-14(13)19-5-2/h6-9,11-12,17H,4-5,10H2,1-3H3. The quantitative estimate of drug-likeness (QED) is 0.834. The van der Waals surface area contributed by atoms with Crippen molar-refractivity contribution in [1.82, 2.24) is 10.3 Å². The van der Waals surface area contributed by atoms with Crippen molar-refractivity contribution >= 4 is 0 Å². The number of para-hydroxylation sites is 1. The van der Waals surface area contributed by atoms with Crippen LogP contribution in [0.15, 0.2) is 34.9 Å². The minimum absolute atomic E-state index is 0.114. The Morgan fingerprint density at radius 2 is 2.10 bits per heavy atom. The third kappa shape index (κ3) is 3.39. The highest BCUT2D eigenvalue weighted by atomic mass is 16.5. The molecule has 1 atom stereocenters. The van der Waals surface area contributed by atoms with Gasteiger partial charge < -0.3 is 14.5 Å². The van der Waals surface area contributed by atoms with E-state index >= 15 is 0 Å². The van der Waals surface area contributed by atoms with Gasteiger partial charge in [0.15, 0.2) is 5.76 Å². The molecule has 1 aromatic heterocycles. The molecule has 0 aliphatic carbocycles. The molecule has 1 aromatic carbocycles. The highest BCUT2D eigenvalue weighted by Gasteiger charge is 2.14. The van der Waals surface area contributed by atoms with Crippen molar-refractivity contribution in [2.75, 3.05) is 13.2 Å². The molecule has 0 fully saturated rings. The van der Waals surface area contributed by atoms with Gasteiger partial charge in [-0.3, -0.25) is 0 Å². The number of hydrogen-bond donors (Lipinski definition) is 1. The van der Waals surface area contributed by atoms with Gasteiger partial charge in [0.25, 0.3) is 0 Å². The highest BCUT2D eigenvalue weighted by Crippen LogP contribution is 2.31. The lowest BCUT2D eigenvalue weighted by atomic mass is 10.1. The summed E-state index contributed by atoms with van der Waals surface area (Å²) in [4.78, 5) is 4.36. The van der Waals surface area contributed by atoms with Crippen molar-refractivity contribution in [2.45, 2.75) is 33.2 Å². The second-order valence-corrected chi connectivity index (χ2v) is 4.67. The summed E-state index contributed by atoms with van der Waals surface area (Å²) in [6.45, 7) is 7.75. The Hall–Kier alpha value is -1.81. The Morgan fingerprint density at radius 1 is 1.30 bits per heavy atom. The number of hydrogen-bond acceptors (Lipinski definition) is 4. The average molecular weight is 274 g/mol. The lowest BCUT2D eigenvalue weighted by molar-refractivity contribution is 0.340. The molecule has 1 N–H and O–H groups in total. The van der Waals surface area contributed by atoms with Gasteiger partial charge >= 0.3 is 0 Å². The molecule has 0 bridgehead atoms.